The van der Waals surface area contributed by atoms with E-state index < -0.39 is 6.04 Å². The van der Waals surface area contributed by atoms with E-state index in [1.54, 1.807) is 0 Å². The topological polar surface area (TPSA) is 84.2 Å². The van der Waals surface area contributed by atoms with Gasteiger partial charge in [-0.25, -0.2) is 0 Å². The molecule has 0 aromatic rings. The summed E-state index contributed by atoms with van der Waals surface area (Å²) in [7, 11) is 0. The molecule has 0 heterocycles. The molecule has 0 radical (unpaired) electrons. The zero-order valence-corrected chi connectivity index (χ0v) is 9.79. The van der Waals surface area contributed by atoms with Gasteiger partial charge in [0.1, 0.15) is 0 Å². The Kier molecular flexibility index (Phi) is 5.25. The molecule has 1 fully saturated rings. The van der Waals surface area contributed by atoms with E-state index in [-0.39, 0.29) is 11.8 Å². The molecule has 0 bridgehead atoms. The molecule has 1 saturated carbocycles. The normalized spacial score (nSPS) is 16.6. The first-order chi connectivity index (χ1) is 7.63. The summed E-state index contributed by atoms with van der Waals surface area (Å²) in [5, 5.41) is 5.61. The van der Waals surface area contributed by atoms with E-state index in [0.29, 0.717) is 31.8 Å². The third-order valence-corrected chi connectivity index (χ3v) is 2.60. The molecule has 0 spiro atoms. The Balaban J connectivity index is 1.97. The van der Waals surface area contributed by atoms with Gasteiger partial charge in [-0.1, -0.05) is 6.92 Å². The lowest BCUT2D eigenvalue weighted by Gasteiger charge is -2.09. The molecule has 92 valence electrons. The van der Waals surface area contributed by atoms with Crippen molar-refractivity contribution in [1.29, 1.82) is 0 Å². The standard InChI is InChI=1S/C11H21N3O2/c1-2-9(12)11(16)13-7-3-4-10(15)14-8-5-6-8/h8-9H,2-7,12H2,1H3,(H,13,16)(H,14,15)/t9-/m1/s1. The summed E-state index contributed by atoms with van der Waals surface area (Å²) in [6.45, 7) is 2.39. The van der Waals surface area contributed by atoms with Crippen molar-refractivity contribution >= 4 is 11.8 Å². The first-order valence-corrected chi connectivity index (χ1v) is 5.96. The second-order valence-electron chi connectivity index (χ2n) is 4.25. The maximum atomic E-state index is 11.3. The quantitative estimate of drug-likeness (QED) is 0.531. The fraction of sp³-hybridized carbons (Fsp3) is 0.818. The number of hydrogen-bond acceptors (Lipinski definition) is 3. The zero-order chi connectivity index (χ0) is 12.0. The van der Waals surface area contributed by atoms with Crippen LogP contribution in [0.3, 0.4) is 0 Å². The number of rotatable bonds is 7. The van der Waals surface area contributed by atoms with Crippen molar-refractivity contribution in [2.45, 2.75) is 51.1 Å². The van der Waals surface area contributed by atoms with Gasteiger partial charge >= 0.3 is 0 Å². The van der Waals surface area contributed by atoms with E-state index in [9.17, 15) is 9.59 Å². The minimum atomic E-state index is -0.430. The number of carbonyl (C=O) groups is 2. The Bertz CT molecular complexity index is 252. The fourth-order valence-corrected chi connectivity index (χ4v) is 1.30. The summed E-state index contributed by atoms with van der Waals surface area (Å²) in [4.78, 5) is 22.5. The minimum absolute atomic E-state index is 0.0801. The maximum absolute atomic E-state index is 11.3. The molecule has 1 aliphatic carbocycles. The van der Waals surface area contributed by atoms with Crippen LogP contribution in [0.2, 0.25) is 0 Å². The van der Waals surface area contributed by atoms with Crippen LogP contribution in [0, 0.1) is 0 Å². The third kappa shape index (κ3) is 5.11. The maximum Gasteiger partial charge on any atom is 0.236 e. The largest absolute Gasteiger partial charge is 0.355 e. The van der Waals surface area contributed by atoms with Crippen molar-refractivity contribution < 1.29 is 9.59 Å². The van der Waals surface area contributed by atoms with Crippen LogP contribution in [0.25, 0.3) is 0 Å². The van der Waals surface area contributed by atoms with Crippen molar-refractivity contribution in [3.63, 3.8) is 0 Å². The Morgan fingerprint density at radius 3 is 2.69 bits per heavy atom. The van der Waals surface area contributed by atoms with Crippen LogP contribution in [-0.4, -0.2) is 30.4 Å². The molecule has 2 amide bonds. The zero-order valence-electron chi connectivity index (χ0n) is 9.79. The molecule has 5 heteroatoms. The van der Waals surface area contributed by atoms with E-state index >= 15 is 0 Å². The van der Waals surface area contributed by atoms with Gasteiger partial charge in [0, 0.05) is 19.0 Å². The average molecular weight is 227 g/mol. The predicted molar refractivity (Wildman–Crippen MR) is 61.7 cm³/mol. The number of nitrogens with one attached hydrogen (secondary N) is 2. The number of hydrogen-bond donors (Lipinski definition) is 3. The van der Waals surface area contributed by atoms with Gasteiger partial charge in [0.2, 0.25) is 11.8 Å². The summed E-state index contributed by atoms with van der Waals surface area (Å²) < 4.78 is 0. The van der Waals surface area contributed by atoms with Crippen LogP contribution in [0.1, 0.15) is 39.0 Å². The lowest BCUT2D eigenvalue weighted by molar-refractivity contribution is -0.123. The fourth-order valence-electron chi connectivity index (χ4n) is 1.30. The Labute approximate surface area is 96.1 Å². The van der Waals surface area contributed by atoms with Gasteiger partial charge in [-0.05, 0) is 25.7 Å². The SMILES string of the molecule is CC[C@@H](N)C(=O)NCCCC(=O)NC1CC1. The highest BCUT2D eigenvalue weighted by molar-refractivity contribution is 5.81. The van der Waals surface area contributed by atoms with Crippen molar-refractivity contribution in [1.82, 2.24) is 10.6 Å². The molecule has 0 aliphatic heterocycles. The Hall–Kier alpha value is -1.10. The smallest absolute Gasteiger partial charge is 0.236 e. The predicted octanol–water partition coefficient (Wildman–Crippen LogP) is -0.101. The molecule has 0 saturated heterocycles. The Morgan fingerprint density at radius 1 is 1.44 bits per heavy atom. The highest BCUT2D eigenvalue weighted by atomic mass is 16.2. The van der Waals surface area contributed by atoms with Crippen LogP contribution >= 0.6 is 0 Å². The highest BCUT2D eigenvalue weighted by Gasteiger charge is 2.22. The summed E-state index contributed by atoms with van der Waals surface area (Å²) >= 11 is 0. The van der Waals surface area contributed by atoms with Gasteiger partial charge in [-0.2, -0.15) is 0 Å². The van der Waals surface area contributed by atoms with Crippen LogP contribution in [-0.2, 0) is 9.59 Å². The molecular weight excluding hydrogens is 206 g/mol. The summed E-state index contributed by atoms with van der Waals surface area (Å²) in [5.74, 6) is -0.0540. The highest BCUT2D eigenvalue weighted by Crippen LogP contribution is 2.18. The summed E-state index contributed by atoms with van der Waals surface area (Å²) in [5.41, 5.74) is 5.54. The second-order valence-corrected chi connectivity index (χ2v) is 4.25. The molecular formula is C11H21N3O2. The van der Waals surface area contributed by atoms with Crippen LogP contribution < -0.4 is 16.4 Å². The Morgan fingerprint density at radius 2 is 2.12 bits per heavy atom. The monoisotopic (exact) mass is 227 g/mol. The lowest BCUT2D eigenvalue weighted by Crippen LogP contribution is -2.40. The van der Waals surface area contributed by atoms with Crippen molar-refractivity contribution in [3.05, 3.63) is 0 Å². The first-order valence-electron chi connectivity index (χ1n) is 5.96. The second kappa shape index (κ2) is 6.48. The van der Waals surface area contributed by atoms with Gasteiger partial charge in [0.05, 0.1) is 6.04 Å². The number of nitrogens with two attached hydrogens (primary N) is 1. The van der Waals surface area contributed by atoms with E-state index in [2.05, 4.69) is 10.6 Å². The van der Waals surface area contributed by atoms with Crippen LogP contribution in [0.4, 0.5) is 0 Å². The van der Waals surface area contributed by atoms with E-state index in [1.165, 1.54) is 0 Å². The first kappa shape index (κ1) is 13.0. The summed E-state index contributed by atoms with van der Waals surface area (Å²) in [6, 6.07) is -0.0177. The van der Waals surface area contributed by atoms with Crippen molar-refractivity contribution in [2.24, 2.45) is 5.73 Å². The molecule has 0 aromatic heterocycles. The average Bonchev–Trinajstić information content (AvgIpc) is 3.06. The molecule has 0 unspecified atom stereocenters. The third-order valence-electron chi connectivity index (χ3n) is 2.60. The summed E-state index contributed by atoms with van der Waals surface area (Å²) in [6.07, 6.45) is 3.98. The van der Waals surface area contributed by atoms with E-state index in [1.807, 2.05) is 6.92 Å². The minimum Gasteiger partial charge on any atom is -0.355 e. The van der Waals surface area contributed by atoms with Crippen LogP contribution in [0.15, 0.2) is 0 Å². The molecule has 1 rings (SSSR count). The molecule has 16 heavy (non-hydrogen) atoms. The van der Waals surface area contributed by atoms with Gasteiger partial charge in [0.15, 0.2) is 0 Å². The molecule has 5 nitrogen and oxygen atoms in total. The lowest BCUT2D eigenvalue weighted by atomic mass is 10.2. The molecule has 4 N–H and O–H groups in total. The van der Waals surface area contributed by atoms with Gasteiger partial charge in [-0.15, -0.1) is 0 Å². The number of carbonyl (C=O) groups excluding carboxylic acids is 2. The van der Waals surface area contributed by atoms with E-state index in [0.717, 1.165) is 12.8 Å². The molecule has 1 aliphatic rings. The molecule has 1 atom stereocenters. The van der Waals surface area contributed by atoms with Crippen molar-refractivity contribution in [3.8, 4) is 0 Å². The van der Waals surface area contributed by atoms with Gasteiger partial charge in [0.25, 0.3) is 0 Å². The van der Waals surface area contributed by atoms with Crippen LogP contribution in [0.5, 0.6) is 0 Å². The number of amides is 2. The van der Waals surface area contributed by atoms with Crippen molar-refractivity contribution in [2.75, 3.05) is 6.54 Å². The van der Waals surface area contributed by atoms with Gasteiger partial charge in [-0.3, -0.25) is 9.59 Å². The van der Waals surface area contributed by atoms with Gasteiger partial charge < -0.3 is 16.4 Å². The molecule has 0 aromatic carbocycles. The van der Waals surface area contributed by atoms with E-state index in [4.69, 9.17) is 5.73 Å².